The highest BCUT2D eigenvalue weighted by molar-refractivity contribution is 6.30. The minimum Gasteiger partial charge on any atom is -0.423 e. The number of hydrogen-bond donors (Lipinski definition) is 0. The summed E-state index contributed by atoms with van der Waals surface area (Å²) in [5.41, 5.74) is -0.318. The first-order chi connectivity index (χ1) is 7.54. The molecule has 1 rings (SSSR count). The summed E-state index contributed by atoms with van der Waals surface area (Å²) in [6.07, 6.45) is 0. The molecule has 0 aliphatic carbocycles. The fourth-order valence-corrected chi connectivity index (χ4v) is 1.49. The van der Waals surface area contributed by atoms with E-state index in [0.717, 1.165) is 5.56 Å². The van der Waals surface area contributed by atoms with Crippen LogP contribution < -0.4 is 4.74 Å². The van der Waals surface area contributed by atoms with Crippen LogP contribution in [0, 0.1) is 6.92 Å². The van der Waals surface area contributed by atoms with Gasteiger partial charge in [0.25, 0.3) is 0 Å². The third-order valence-corrected chi connectivity index (χ3v) is 2.39. The van der Waals surface area contributed by atoms with E-state index in [2.05, 4.69) is 0 Å². The van der Waals surface area contributed by atoms with Crippen LogP contribution in [0.1, 0.15) is 12.5 Å². The van der Waals surface area contributed by atoms with Gasteiger partial charge >= 0.3 is 5.97 Å². The molecule has 1 unspecified atom stereocenters. The molecule has 0 saturated heterocycles. The van der Waals surface area contributed by atoms with Crippen LogP contribution in [0.15, 0.2) is 18.2 Å². The molecule has 0 N–H and O–H groups in total. The van der Waals surface area contributed by atoms with Crippen LogP contribution in [0.3, 0.4) is 0 Å². The van der Waals surface area contributed by atoms with Crippen LogP contribution in [0.4, 0.5) is 0 Å². The van der Waals surface area contributed by atoms with Crippen molar-refractivity contribution in [1.82, 2.24) is 0 Å². The molecule has 1 atom stereocenters. The van der Waals surface area contributed by atoms with E-state index in [1.165, 1.54) is 0 Å². The molecule has 0 amide bonds. The number of carbonyl (C=O) groups is 1. The molecule has 0 aromatic heterocycles. The summed E-state index contributed by atoms with van der Waals surface area (Å²) in [6, 6.07) is 4.96. The maximum Gasteiger partial charge on any atom is 0.356 e. The number of carbonyl (C=O) groups excluding carboxylic acids is 1. The second kappa shape index (κ2) is 6.09. The van der Waals surface area contributed by atoms with Crippen LogP contribution in [0.5, 0.6) is 5.75 Å². The molecule has 1 aromatic carbocycles. The van der Waals surface area contributed by atoms with Crippen molar-refractivity contribution in [2.24, 2.45) is 0 Å². The van der Waals surface area contributed by atoms with E-state index in [0.29, 0.717) is 17.4 Å². The van der Waals surface area contributed by atoms with Gasteiger partial charge in [0.05, 0.1) is 0 Å². The first-order valence-electron chi connectivity index (χ1n) is 4.78. The Balaban J connectivity index is 2.69. The molecular formula is C11H12Cl2O3. The Morgan fingerprint density at radius 2 is 2.19 bits per heavy atom. The summed E-state index contributed by atoms with van der Waals surface area (Å²) >= 11 is 11.4. The number of aryl methyl sites for hydroxylation is 1. The van der Waals surface area contributed by atoms with Gasteiger partial charge in [-0.3, -0.25) is 0 Å². The number of rotatable bonds is 4. The zero-order chi connectivity index (χ0) is 12.1. The quantitative estimate of drug-likeness (QED) is 0.475. The molecule has 5 heteroatoms. The zero-order valence-electron chi connectivity index (χ0n) is 9.00. The van der Waals surface area contributed by atoms with Gasteiger partial charge in [0, 0.05) is 11.6 Å². The van der Waals surface area contributed by atoms with Crippen LogP contribution >= 0.6 is 23.2 Å². The molecule has 0 heterocycles. The van der Waals surface area contributed by atoms with Crippen molar-refractivity contribution in [3.05, 3.63) is 28.8 Å². The van der Waals surface area contributed by atoms with E-state index in [-0.39, 0.29) is 0 Å². The van der Waals surface area contributed by atoms with E-state index in [1.807, 2.05) is 0 Å². The lowest BCUT2D eigenvalue weighted by atomic mass is 10.2. The highest BCUT2D eigenvalue weighted by Gasteiger charge is 2.18. The third-order valence-electron chi connectivity index (χ3n) is 1.85. The Labute approximate surface area is 104 Å². The summed E-state index contributed by atoms with van der Waals surface area (Å²) in [7, 11) is 0. The Morgan fingerprint density at radius 1 is 1.50 bits per heavy atom. The number of ether oxygens (including phenoxy) is 2. The lowest BCUT2D eigenvalue weighted by molar-refractivity contribution is -0.142. The summed E-state index contributed by atoms with van der Waals surface area (Å²) < 4.78 is 9.96. The molecule has 0 fully saturated rings. The molecular weight excluding hydrogens is 251 g/mol. The van der Waals surface area contributed by atoms with Crippen LogP contribution in [-0.2, 0) is 9.53 Å². The zero-order valence-corrected chi connectivity index (χ0v) is 10.5. The number of esters is 1. The van der Waals surface area contributed by atoms with Gasteiger partial charge in [-0.1, -0.05) is 23.2 Å². The van der Waals surface area contributed by atoms with Crippen molar-refractivity contribution in [3.63, 3.8) is 0 Å². The van der Waals surface area contributed by atoms with Crippen molar-refractivity contribution >= 4 is 29.2 Å². The topological polar surface area (TPSA) is 35.5 Å². The van der Waals surface area contributed by atoms with Gasteiger partial charge in [0.2, 0.25) is 5.56 Å². The van der Waals surface area contributed by atoms with Crippen LogP contribution in [0.25, 0.3) is 0 Å². The van der Waals surface area contributed by atoms with Gasteiger partial charge in [-0.25, -0.2) is 4.79 Å². The summed E-state index contributed by atoms with van der Waals surface area (Å²) in [5, 5.41) is 0.588. The van der Waals surface area contributed by atoms with Gasteiger partial charge in [0.15, 0.2) is 0 Å². The normalized spacial score (nSPS) is 12.2. The summed E-state index contributed by atoms with van der Waals surface area (Å²) in [5.74, 6) is -0.200. The average molecular weight is 263 g/mol. The van der Waals surface area contributed by atoms with Gasteiger partial charge in [-0.15, -0.1) is 0 Å². The fraction of sp³-hybridized carbons (Fsp3) is 0.364. The van der Waals surface area contributed by atoms with E-state index < -0.39 is 11.5 Å². The Morgan fingerprint density at radius 3 is 2.75 bits per heavy atom. The fourth-order valence-electron chi connectivity index (χ4n) is 1.10. The minimum absolute atomic E-state index is 0.350. The van der Waals surface area contributed by atoms with Crippen molar-refractivity contribution in [2.45, 2.75) is 19.4 Å². The summed E-state index contributed by atoms with van der Waals surface area (Å²) in [4.78, 5) is 11.4. The predicted molar refractivity (Wildman–Crippen MR) is 63.1 cm³/mol. The van der Waals surface area contributed by atoms with E-state index >= 15 is 0 Å². The third kappa shape index (κ3) is 3.67. The Hall–Kier alpha value is -0.770. The SMILES string of the molecule is CCOC(Cl)C(=O)Oc1ccc(Cl)cc1C. The predicted octanol–water partition coefficient (Wildman–Crippen LogP) is 3.16. The largest absolute Gasteiger partial charge is 0.423 e. The highest BCUT2D eigenvalue weighted by Crippen LogP contribution is 2.22. The molecule has 0 bridgehead atoms. The summed E-state index contributed by atoms with van der Waals surface area (Å²) in [6.45, 7) is 3.89. The standard InChI is InChI=1S/C11H12Cl2O3/c1-3-15-10(13)11(14)16-9-5-4-8(12)6-7(9)2/h4-6,10H,3H2,1-2H3. The smallest absolute Gasteiger partial charge is 0.356 e. The Kier molecular flexibility index (Phi) is 5.06. The Bertz CT molecular complexity index is 379. The van der Waals surface area contributed by atoms with Crippen molar-refractivity contribution in [3.8, 4) is 5.75 Å². The van der Waals surface area contributed by atoms with Gasteiger partial charge < -0.3 is 9.47 Å². The average Bonchev–Trinajstić information content (AvgIpc) is 2.22. The molecule has 0 saturated carbocycles. The van der Waals surface area contributed by atoms with Crippen LogP contribution in [-0.4, -0.2) is 18.1 Å². The van der Waals surface area contributed by atoms with Crippen molar-refractivity contribution in [2.75, 3.05) is 6.61 Å². The van der Waals surface area contributed by atoms with Crippen molar-refractivity contribution < 1.29 is 14.3 Å². The molecule has 3 nitrogen and oxygen atoms in total. The molecule has 0 spiro atoms. The lowest BCUT2D eigenvalue weighted by Gasteiger charge is -2.11. The van der Waals surface area contributed by atoms with Crippen molar-refractivity contribution in [1.29, 1.82) is 0 Å². The number of benzene rings is 1. The first kappa shape index (κ1) is 13.3. The monoisotopic (exact) mass is 262 g/mol. The van der Waals surface area contributed by atoms with E-state index in [1.54, 1.807) is 32.0 Å². The molecule has 0 aliphatic heterocycles. The second-order valence-corrected chi connectivity index (χ2v) is 3.94. The molecule has 0 aliphatic rings. The number of halogens is 2. The van der Waals surface area contributed by atoms with Gasteiger partial charge in [0.1, 0.15) is 5.75 Å². The maximum atomic E-state index is 11.4. The van der Waals surface area contributed by atoms with Crippen LogP contribution in [0.2, 0.25) is 5.02 Å². The van der Waals surface area contributed by atoms with Gasteiger partial charge in [-0.05, 0) is 37.6 Å². The second-order valence-electron chi connectivity index (χ2n) is 3.10. The number of alkyl halides is 1. The minimum atomic E-state index is -1.08. The molecule has 0 radical (unpaired) electrons. The maximum absolute atomic E-state index is 11.4. The number of hydrogen-bond acceptors (Lipinski definition) is 3. The molecule has 88 valence electrons. The van der Waals surface area contributed by atoms with Gasteiger partial charge in [-0.2, -0.15) is 0 Å². The molecule has 1 aromatic rings. The molecule has 16 heavy (non-hydrogen) atoms. The highest BCUT2D eigenvalue weighted by atomic mass is 35.5. The lowest BCUT2D eigenvalue weighted by Crippen LogP contribution is -2.23. The first-order valence-corrected chi connectivity index (χ1v) is 5.59. The van der Waals surface area contributed by atoms with E-state index in [4.69, 9.17) is 32.7 Å². The van der Waals surface area contributed by atoms with E-state index in [9.17, 15) is 4.79 Å².